The SMILES string of the molecule is N#CC12CCC(CC1Br)C2. The van der Waals surface area contributed by atoms with Crippen LogP contribution in [0.3, 0.4) is 0 Å². The van der Waals surface area contributed by atoms with E-state index in [2.05, 4.69) is 22.0 Å². The number of halogens is 1. The average molecular weight is 200 g/mol. The minimum atomic E-state index is 0.0324. The predicted molar refractivity (Wildman–Crippen MR) is 42.7 cm³/mol. The molecule has 2 aliphatic rings. The molecule has 1 nitrogen and oxygen atoms in total. The molecule has 2 heteroatoms. The number of rotatable bonds is 0. The zero-order valence-corrected chi connectivity index (χ0v) is 7.39. The molecule has 3 unspecified atom stereocenters. The van der Waals surface area contributed by atoms with Gasteiger partial charge in [0, 0.05) is 4.83 Å². The van der Waals surface area contributed by atoms with E-state index < -0.39 is 0 Å². The molecule has 0 amide bonds. The molecule has 2 saturated carbocycles. The summed E-state index contributed by atoms with van der Waals surface area (Å²) in [6.07, 6.45) is 4.80. The van der Waals surface area contributed by atoms with Gasteiger partial charge in [-0.15, -0.1) is 0 Å². The second-order valence-corrected chi connectivity index (χ2v) is 4.69. The highest BCUT2D eigenvalue weighted by Crippen LogP contribution is 2.56. The van der Waals surface area contributed by atoms with E-state index in [-0.39, 0.29) is 5.41 Å². The summed E-state index contributed by atoms with van der Waals surface area (Å²) in [5.74, 6) is 0.851. The van der Waals surface area contributed by atoms with Gasteiger partial charge in [-0.05, 0) is 31.6 Å². The van der Waals surface area contributed by atoms with Crippen LogP contribution in [0.4, 0.5) is 0 Å². The fraction of sp³-hybridized carbons (Fsp3) is 0.875. The highest BCUT2D eigenvalue weighted by molar-refractivity contribution is 9.09. The first-order valence-electron chi connectivity index (χ1n) is 3.82. The van der Waals surface area contributed by atoms with Crippen molar-refractivity contribution in [2.24, 2.45) is 11.3 Å². The molecule has 0 saturated heterocycles. The van der Waals surface area contributed by atoms with E-state index in [1.165, 1.54) is 12.8 Å². The Bertz CT molecular complexity index is 196. The van der Waals surface area contributed by atoms with Gasteiger partial charge in [0.05, 0.1) is 11.5 Å². The molecule has 2 fully saturated rings. The molecule has 0 aromatic heterocycles. The summed E-state index contributed by atoms with van der Waals surface area (Å²) >= 11 is 3.59. The third kappa shape index (κ3) is 0.674. The Kier molecular flexibility index (Phi) is 1.32. The molecule has 2 bridgehead atoms. The summed E-state index contributed by atoms with van der Waals surface area (Å²) in [5, 5.41) is 8.93. The quantitative estimate of drug-likeness (QED) is 0.551. The zero-order valence-electron chi connectivity index (χ0n) is 5.81. The van der Waals surface area contributed by atoms with Crippen LogP contribution >= 0.6 is 15.9 Å². The molecule has 0 radical (unpaired) electrons. The summed E-state index contributed by atoms with van der Waals surface area (Å²) in [6, 6.07) is 2.47. The second-order valence-electron chi connectivity index (χ2n) is 3.58. The number of nitrogens with zero attached hydrogens (tertiary/aromatic N) is 1. The molecule has 0 aromatic carbocycles. The van der Waals surface area contributed by atoms with Crippen molar-refractivity contribution in [2.75, 3.05) is 0 Å². The fourth-order valence-corrected chi connectivity index (χ4v) is 3.40. The first-order valence-corrected chi connectivity index (χ1v) is 4.74. The highest BCUT2D eigenvalue weighted by Gasteiger charge is 2.51. The third-order valence-corrected chi connectivity index (χ3v) is 4.26. The second kappa shape index (κ2) is 1.98. The van der Waals surface area contributed by atoms with Gasteiger partial charge in [0.15, 0.2) is 0 Å². The zero-order chi connectivity index (χ0) is 7.19. The van der Waals surface area contributed by atoms with Crippen molar-refractivity contribution in [3.05, 3.63) is 0 Å². The van der Waals surface area contributed by atoms with Crippen molar-refractivity contribution in [1.82, 2.24) is 0 Å². The van der Waals surface area contributed by atoms with E-state index in [1.54, 1.807) is 0 Å². The summed E-state index contributed by atoms with van der Waals surface area (Å²) in [6.45, 7) is 0. The summed E-state index contributed by atoms with van der Waals surface area (Å²) in [4.78, 5) is 0.490. The first-order chi connectivity index (χ1) is 4.77. The van der Waals surface area contributed by atoms with E-state index in [1.807, 2.05) is 0 Å². The summed E-state index contributed by atoms with van der Waals surface area (Å²) in [5.41, 5.74) is 0.0324. The van der Waals surface area contributed by atoms with Crippen LogP contribution in [0.1, 0.15) is 25.7 Å². The Morgan fingerprint density at radius 2 is 2.40 bits per heavy atom. The van der Waals surface area contributed by atoms with Crippen molar-refractivity contribution in [2.45, 2.75) is 30.5 Å². The van der Waals surface area contributed by atoms with Gasteiger partial charge in [0.1, 0.15) is 0 Å². The Hall–Kier alpha value is -0.0300. The molecule has 0 aromatic rings. The molecule has 2 aliphatic carbocycles. The first kappa shape index (κ1) is 6.67. The Balaban J connectivity index is 2.29. The summed E-state index contributed by atoms with van der Waals surface area (Å²) < 4.78 is 0. The molecular weight excluding hydrogens is 190 g/mol. The van der Waals surface area contributed by atoms with E-state index in [0.717, 1.165) is 18.8 Å². The van der Waals surface area contributed by atoms with Crippen molar-refractivity contribution in [3.8, 4) is 6.07 Å². The standard InChI is InChI=1S/C8H10BrN/c9-7-3-6-1-2-8(7,4-6)5-10/h6-7H,1-4H2. The van der Waals surface area contributed by atoms with Crippen molar-refractivity contribution < 1.29 is 0 Å². The average Bonchev–Trinajstić information content (AvgIpc) is 2.44. The summed E-state index contributed by atoms with van der Waals surface area (Å²) in [7, 11) is 0. The lowest BCUT2D eigenvalue weighted by molar-refractivity contribution is 0.414. The highest BCUT2D eigenvalue weighted by atomic mass is 79.9. The van der Waals surface area contributed by atoms with Crippen molar-refractivity contribution in [1.29, 1.82) is 5.26 Å². The molecule has 54 valence electrons. The number of hydrogen-bond acceptors (Lipinski definition) is 1. The van der Waals surface area contributed by atoms with Gasteiger partial charge in [0.25, 0.3) is 0 Å². The Morgan fingerprint density at radius 1 is 1.60 bits per heavy atom. The predicted octanol–water partition coefficient (Wildman–Crippen LogP) is 2.46. The molecule has 0 aliphatic heterocycles. The Morgan fingerprint density at radius 3 is 2.70 bits per heavy atom. The molecule has 10 heavy (non-hydrogen) atoms. The van der Waals surface area contributed by atoms with Gasteiger partial charge in [-0.3, -0.25) is 0 Å². The smallest absolute Gasteiger partial charge is 0.0701 e. The maximum absolute atomic E-state index is 8.93. The molecule has 3 atom stereocenters. The number of fused-ring (bicyclic) bond motifs is 2. The van der Waals surface area contributed by atoms with Gasteiger partial charge in [-0.25, -0.2) is 0 Å². The topological polar surface area (TPSA) is 23.8 Å². The van der Waals surface area contributed by atoms with E-state index in [0.29, 0.717) is 4.83 Å². The fourth-order valence-electron chi connectivity index (χ4n) is 2.36. The number of alkyl halides is 1. The molecule has 0 N–H and O–H groups in total. The van der Waals surface area contributed by atoms with Crippen molar-refractivity contribution in [3.63, 3.8) is 0 Å². The van der Waals surface area contributed by atoms with Crippen LogP contribution in [-0.4, -0.2) is 4.83 Å². The van der Waals surface area contributed by atoms with E-state index >= 15 is 0 Å². The van der Waals surface area contributed by atoms with Gasteiger partial charge in [-0.2, -0.15) is 5.26 Å². The van der Waals surface area contributed by atoms with Gasteiger partial charge < -0.3 is 0 Å². The van der Waals surface area contributed by atoms with E-state index in [9.17, 15) is 0 Å². The van der Waals surface area contributed by atoms with Crippen LogP contribution in [0, 0.1) is 22.7 Å². The lowest BCUT2D eigenvalue weighted by Gasteiger charge is -2.22. The molecule has 0 spiro atoms. The monoisotopic (exact) mass is 199 g/mol. The molecule has 2 rings (SSSR count). The van der Waals surface area contributed by atoms with Crippen molar-refractivity contribution >= 4 is 15.9 Å². The maximum Gasteiger partial charge on any atom is 0.0701 e. The maximum atomic E-state index is 8.93. The number of hydrogen-bond donors (Lipinski definition) is 0. The largest absolute Gasteiger partial charge is 0.198 e. The van der Waals surface area contributed by atoms with Crippen LogP contribution in [-0.2, 0) is 0 Å². The molecular formula is C8H10BrN. The van der Waals surface area contributed by atoms with Crippen LogP contribution in [0.5, 0.6) is 0 Å². The molecule has 0 heterocycles. The van der Waals surface area contributed by atoms with Crippen LogP contribution in [0.25, 0.3) is 0 Å². The number of nitriles is 1. The minimum Gasteiger partial charge on any atom is -0.198 e. The van der Waals surface area contributed by atoms with E-state index in [4.69, 9.17) is 5.26 Å². The normalized spacial score (nSPS) is 51.2. The van der Waals surface area contributed by atoms with Crippen LogP contribution in [0.2, 0.25) is 0 Å². The third-order valence-electron chi connectivity index (χ3n) is 3.01. The van der Waals surface area contributed by atoms with Gasteiger partial charge in [0.2, 0.25) is 0 Å². The lowest BCUT2D eigenvalue weighted by Crippen LogP contribution is -2.22. The van der Waals surface area contributed by atoms with Gasteiger partial charge in [-0.1, -0.05) is 15.9 Å². The Labute approximate surface area is 69.5 Å². The lowest BCUT2D eigenvalue weighted by atomic mass is 9.86. The van der Waals surface area contributed by atoms with Gasteiger partial charge >= 0.3 is 0 Å². The minimum absolute atomic E-state index is 0.0324. The van der Waals surface area contributed by atoms with Crippen LogP contribution < -0.4 is 0 Å². The van der Waals surface area contributed by atoms with Crippen LogP contribution in [0.15, 0.2) is 0 Å².